The number of aromatic nitrogens is 1. The smallest absolute Gasteiger partial charge is 0.229 e. The van der Waals surface area contributed by atoms with E-state index in [0.717, 1.165) is 5.56 Å². The van der Waals surface area contributed by atoms with Crippen molar-refractivity contribution in [1.82, 2.24) is 9.88 Å². The number of nitrogen functional groups attached to an aromatic ring is 1. The molecule has 0 radical (unpaired) electrons. The van der Waals surface area contributed by atoms with Gasteiger partial charge in [-0.2, -0.15) is 0 Å². The quantitative estimate of drug-likeness (QED) is 0.906. The molecule has 3 rings (SSSR count). The summed E-state index contributed by atoms with van der Waals surface area (Å²) in [6.07, 6.45) is 2.43. The molecule has 1 aliphatic heterocycles. The van der Waals surface area contributed by atoms with Crippen molar-refractivity contribution in [1.29, 1.82) is 0 Å². The molecule has 6 heteroatoms. The molecular formula is C18H20N4O2. The van der Waals surface area contributed by atoms with Crippen molar-refractivity contribution in [3.63, 3.8) is 0 Å². The molecule has 2 unspecified atom stereocenters. The van der Waals surface area contributed by atoms with E-state index in [1.165, 1.54) is 6.20 Å². The van der Waals surface area contributed by atoms with Crippen molar-refractivity contribution in [2.45, 2.75) is 18.9 Å². The standard InChI is InChI=1S/C18H20N4O2/c1-22-16(23)10-8-14(17(22)12-5-3-2-4-6-12)18(24)21-13-7-9-15(19)20-11-13/h2-7,9,11,14,17H,8,10H2,1H3,(H2,19,20)(H,21,24). The molecule has 0 spiro atoms. The van der Waals surface area contributed by atoms with Gasteiger partial charge in [0, 0.05) is 13.5 Å². The number of anilines is 2. The molecule has 2 amide bonds. The minimum atomic E-state index is -0.312. The van der Waals surface area contributed by atoms with Gasteiger partial charge in [-0.15, -0.1) is 0 Å². The lowest BCUT2D eigenvalue weighted by molar-refractivity contribution is -0.140. The van der Waals surface area contributed by atoms with Gasteiger partial charge in [0.1, 0.15) is 5.82 Å². The number of nitrogens with one attached hydrogen (secondary N) is 1. The summed E-state index contributed by atoms with van der Waals surface area (Å²) in [4.78, 5) is 30.5. The van der Waals surface area contributed by atoms with Crippen LogP contribution in [0.1, 0.15) is 24.4 Å². The molecule has 1 aromatic carbocycles. The number of likely N-dealkylation sites (tertiary alicyclic amines) is 1. The molecule has 1 aliphatic rings. The van der Waals surface area contributed by atoms with Crippen molar-refractivity contribution >= 4 is 23.3 Å². The molecule has 0 bridgehead atoms. The fourth-order valence-corrected chi connectivity index (χ4v) is 3.13. The van der Waals surface area contributed by atoms with E-state index in [1.54, 1.807) is 24.1 Å². The highest BCUT2D eigenvalue weighted by molar-refractivity contribution is 5.94. The molecule has 2 aromatic rings. The van der Waals surface area contributed by atoms with Crippen LogP contribution in [0.2, 0.25) is 0 Å². The van der Waals surface area contributed by atoms with Crippen molar-refractivity contribution in [3.8, 4) is 0 Å². The molecule has 24 heavy (non-hydrogen) atoms. The second kappa shape index (κ2) is 6.70. The molecule has 1 aromatic heterocycles. The summed E-state index contributed by atoms with van der Waals surface area (Å²) in [6.45, 7) is 0. The summed E-state index contributed by atoms with van der Waals surface area (Å²) in [5.41, 5.74) is 7.12. The van der Waals surface area contributed by atoms with Crippen LogP contribution in [0.4, 0.5) is 11.5 Å². The average Bonchev–Trinajstić information content (AvgIpc) is 2.60. The summed E-state index contributed by atoms with van der Waals surface area (Å²) in [7, 11) is 1.75. The fourth-order valence-electron chi connectivity index (χ4n) is 3.13. The normalized spacial score (nSPS) is 20.7. The third kappa shape index (κ3) is 3.22. The number of pyridine rings is 1. The van der Waals surface area contributed by atoms with Gasteiger partial charge in [-0.1, -0.05) is 30.3 Å². The van der Waals surface area contributed by atoms with E-state index in [9.17, 15) is 9.59 Å². The number of benzene rings is 1. The lowest BCUT2D eigenvalue weighted by atomic mass is 9.84. The number of carbonyl (C=O) groups is 2. The Morgan fingerprint density at radius 3 is 2.67 bits per heavy atom. The zero-order valence-electron chi connectivity index (χ0n) is 13.5. The van der Waals surface area contributed by atoms with Crippen LogP contribution < -0.4 is 11.1 Å². The lowest BCUT2D eigenvalue weighted by Gasteiger charge is -2.38. The Labute approximate surface area is 140 Å². The summed E-state index contributed by atoms with van der Waals surface area (Å²) in [6, 6.07) is 12.7. The molecule has 3 N–H and O–H groups in total. The van der Waals surface area contributed by atoms with Gasteiger partial charge in [0.25, 0.3) is 0 Å². The van der Waals surface area contributed by atoms with Crippen molar-refractivity contribution in [3.05, 3.63) is 54.2 Å². The van der Waals surface area contributed by atoms with Gasteiger partial charge in [0.2, 0.25) is 11.8 Å². The van der Waals surface area contributed by atoms with Gasteiger partial charge in [-0.05, 0) is 24.1 Å². The van der Waals surface area contributed by atoms with Crippen LogP contribution in [0.15, 0.2) is 48.7 Å². The Morgan fingerprint density at radius 2 is 2.00 bits per heavy atom. The second-order valence-electron chi connectivity index (χ2n) is 5.97. The minimum Gasteiger partial charge on any atom is -0.384 e. The van der Waals surface area contributed by atoms with Crippen LogP contribution in [0, 0.1) is 5.92 Å². The highest BCUT2D eigenvalue weighted by atomic mass is 16.2. The summed E-state index contributed by atoms with van der Waals surface area (Å²) in [5, 5.41) is 2.88. The van der Waals surface area contributed by atoms with E-state index >= 15 is 0 Å². The average molecular weight is 324 g/mol. The van der Waals surface area contributed by atoms with Gasteiger partial charge in [-0.25, -0.2) is 4.98 Å². The van der Waals surface area contributed by atoms with E-state index < -0.39 is 0 Å². The monoisotopic (exact) mass is 324 g/mol. The Hall–Kier alpha value is -2.89. The maximum Gasteiger partial charge on any atom is 0.229 e. The molecule has 1 fully saturated rings. The van der Waals surface area contributed by atoms with Gasteiger partial charge in [0.05, 0.1) is 23.8 Å². The molecule has 0 saturated carbocycles. The minimum absolute atomic E-state index is 0.0575. The summed E-state index contributed by atoms with van der Waals surface area (Å²) in [5.74, 6) is 0.0302. The van der Waals surface area contributed by atoms with E-state index in [2.05, 4.69) is 10.3 Å². The van der Waals surface area contributed by atoms with E-state index in [4.69, 9.17) is 5.73 Å². The van der Waals surface area contributed by atoms with Crippen LogP contribution >= 0.6 is 0 Å². The maximum atomic E-state index is 12.8. The first kappa shape index (κ1) is 16.0. The Bertz CT molecular complexity index is 730. The Morgan fingerprint density at radius 1 is 1.25 bits per heavy atom. The molecule has 6 nitrogen and oxygen atoms in total. The number of amides is 2. The highest BCUT2D eigenvalue weighted by Gasteiger charge is 2.38. The zero-order valence-corrected chi connectivity index (χ0v) is 13.5. The largest absolute Gasteiger partial charge is 0.384 e. The predicted molar refractivity (Wildman–Crippen MR) is 92.0 cm³/mol. The van der Waals surface area contributed by atoms with Gasteiger partial charge < -0.3 is 16.0 Å². The summed E-state index contributed by atoms with van der Waals surface area (Å²) >= 11 is 0. The van der Waals surface area contributed by atoms with Crippen LogP contribution in [-0.2, 0) is 9.59 Å². The van der Waals surface area contributed by atoms with Gasteiger partial charge in [-0.3, -0.25) is 9.59 Å². The Kier molecular flexibility index (Phi) is 4.46. The van der Waals surface area contributed by atoms with Crippen molar-refractivity contribution in [2.75, 3.05) is 18.1 Å². The molecule has 2 heterocycles. The highest BCUT2D eigenvalue weighted by Crippen LogP contribution is 2.36. The van der Waals surface area contributed by atoms with E-state index in [0.29, 0.717) is 24.3 Å². The molecule has 124 valence electrons. The molecule has 1 saturated heterocycles. The first-order valence-corrected chi connectivity index (χ1v) is 7.89. The SMILES string of the molecule is CN1C(=O)CCC(C(=O)Nc2ccc(N)nc2)C1c1ccccc1. The zero-order chi connectivity index (χ0) is 17.1. The number of rotatable bonds is 3. The van der Waals surface area contributed by atoms with Crippen LogP contribution in [-0.4, -0.2) is 28.7 Å². The second-order valence-corrected chi connectivity index (χ2v) is 5.97. The van der Waals surface area contributed by atoms with E-state index in [1.807, 2.05) is 30.3 Å². The number of carbonyl (C=O) groups excluding carboxylic acids is 2. The number of hydrogen-bond acceptors (Lipinski definition) is 4. The summed E-state index contributed by atoms with van der Waals surface area (Å²) < 4.78 is 0. The van der Waals surface area contributed by atoms with Crippen molar-refractivity contribution < 1.29 is 9.59 Å². The number of nitrogens with zero attached hydrogens (tertiary/aromatic N) is 2. The first-order chi connectivity index (χ1) is 11.6. The van der Waals surface area contributed by atoms with E-state index in [-0.39, 0.29) is 23.8 Å². The Balaban J connectivity index is 1.84. The van der Waals surface area contributed by atoms with Crippen LogP contribution in [0.5, 0.6) is 0 Å². The molecular weight excluding hydrogens is 304 g/mol. The number of hydrogen-bond donors (Lipinski definition) is 2. The van der Waals surface area contributed by atoms with Crippen LogP contribution in [0.3, 0.4) is 0 Å². The topological polar surface area (TPSA) is 88.3 Å². The lowest BCUT2D eigenvalue weighted by Crippen LogP contribution is -2.44. The van der Waals surface area contributed by atoms with Gasteiger partial charge in [0.15, 0.2) is 0 Å². The fraction of sp³-hybridized carbons (Fsp3) is 0.278. The third-order valence-corrected chi connectivity index (χ3v) is 4.39. The number of nitrogens with two attached hydrogens (primary N) is 1. The first-order valence-electron chi connectivity index (χ1n) is 7.89. The third-order valence-electron chi connectivity index (χ3n) is 4.39. The number of piperidine rings is 1. The molecule has 2 atom stereocenters. The molecule has 0 aliphatic carbocycles. The van der Waals surface area contributed by atoms with Gasteiger partial charge >= 0.3 is 0 Å². The maximum absolute atomic E-state index is 12.8. The van der Waals surface area contributed by atoms with Crippen molar-refractivity contribution in [2.24, 2.45) is 5.92 Å². The predicted octanol–water partition coefficient (Wildman–Crippen LogP) is 2.21. The van der Waals surface area contributed by atoms with Crippen LogP contribution in [0.25, 0.3) is 0 Å².